The summed E-state index contributed by atoms with van der Waals surface area (Å²) in [6.45, 7) is 4.13. The number of rotatable bonds is 3. The zero-order chi connectivity index (χ0) is 8.97. The highest BCUT2D eigenvalue weighted by atomic mass is 14.9. The number of hydrogen-bond donors (Lipinski definition) is 1. The molecule has 0 saturated carbocycles. The van der Waals surface area contributed by atoms with Crippen molar-refractivity contribution in [3.8, 4) is 0 Å². The molecule has 0 aliphatic rings. The van der Waals surface area contributed by atoms with Crippen LogP contribution in [0, 0.1) is 0 Å². The van der Waals surface area contributed by atoms with Gasteiger partial charge in [-0.2, -0.15) is 0 Å². The highest BCUT2D eigenvalue weighted by molar-refractivity contribution is 4.98. The lowest BCUT2D eigenvalue weighted by Gasteiger charge is -2.15. The van der Waals surface area contributed by atoms with E-state index in [0.29, 0.717) is 0 Å². The van der Waals surface area contributed by atoms with E-state index in [-0.39, 0.29) is 12.0 Å². The van der Waals surface area contributed by atoms with Gasteiger partial charge in [0, 0.05) is 24.4 Å². The molecule has 0 spiro atoms. The second-order valence-electron chi connectivity index (χ2n) is 2.97. The van der Waals surface area contributed by atoms with Gasteiger partial charge in [0.25, 0.3) is 0 Å². The first kappa shape index (κ1) is 9.13. The van der Waals surface area contributed by atoms with Crippen LogP contribution in [0.2, 0.25) is 0 Å². The predicted octanol–water partition coefficient (Wildman–Crippen LogP) is 1.32. The lowest BCUT2D eigenvalue weighted by Crippen LogP contribution is -2.26. The molecule has 1 rings (SSSR count). The number of nitrogens with two attached hydrogens (primary N) is 1. The van der Waals surface area contributed by atoms with E-state index >= 15 is 0 Å². The van der Waals surface area contributed by atoms with Crippen LogP contribution in [0.5, 0.6) is 0 Å². The molecule has 66 valence electrons. The maximum absolute atomic E-state index is 5.87. The molecule has 0 saturated heterocycles. The van der Waals surface area contributed by atoms with Crippen molar-refractivity contribution in [2.24, 2.45) is 5.73 Å². The van der Waals surface area contributed by atoms with E-state index in [0.717, 1.165) is 12.2 Å². The summed E-state index contributed by atoms with van der Waals surface area (Å²) >= 11 is 0. The molecule has 1 heterocycles. The van der Waals surface area contributed by atoms with Crippen molar-refractivity contribution in [2.45, 2.75) is 32.2 Å². The van der Waals surface area contributed by atoms with Crippen LogP contribution in [0.25, 0.3) is 0 Å². The third-order valence-electron chi connectivity index (χ3n) is 2.11. The average Bonchev–Trinajstić information content (AvgIpc) is 2.17. The van der Waals surface area contributed by atoms with Gasteiger partial charge < -0.3 is 5.73 Å². The van der Waals surface area contributed by atoms with Crippen LogP contribution in [0.3, 0.4) is 0 Å². The van der Waals surface area contributed by atoms with E-state index in [1.54, 1.807) is 12.4 Å². The van der Waals surface area contributed by atoms with Gasteiger partial charge in [0.15, 0.2) is 0 Å². The van der Waals surface area contributed by atoms with E-state index in [2.05, 4.69) is 23.8 Å². The monoisotopic (exact) mass is 165 g/mol. The third kappa shape index (κ3) is 2.01. The second kappa shape index (κ2) is 4.16. The van der Waals surface area contributed by atoms with E-state index < -0.39 is 0 Å². The van der Waals surface area contributed by atoms with Crippen LogP contribution in [0.15, 0.2) is 18.5 Å². The highest BCUT2D eigenvalue weighted by Crippen LogP contribution is 2.14. The standard InChI is InChI=1S/C9H15N3/c1-3-8(10)7(2)9-11-5-4-6-12-9/h4-8H,3,10H2,1-2H3. The maximum atomic E-state index is 5.87. The number of hydrogen-bond acceptors (Lipinski definition) is 3. The molecule has 0 fully saturated rings. The first-order valence-electron chi connectivity index (χ1n) is 4.28. The van der Waals surface area contributed by atoms with Crippen molar-refractivity contribution in [1.29, 1.82) is 0 Å². The molecule has 2 atom stereocenters. The minimum absolute atomic E-state index is 0.160. The maximum Gasteiger partial charge on any atom is 0.132 e. The van der Waals surface area contributed by atoms with Crippen molar-refractivity contribution in [3.05, 3.63) is 24.3 Å². The van der Waals surface area contributed by atoms with Crippen molar-refractivity contribution in [3.63, 3.8) is 0 Å². The van der Waals surface area contributed by atoms with Gasteiger partial charge >= 0.3 is 0 Å². The molecule has 0 aliphatic carbocycles. The van der Waals surface area contributed by atoms with Crippen molar-refractivity contribution in [2.75, 3.05) is 0 Å². The van der Waals surface area contributed by atoms with Gasteiger partial charge in [0.2, 0.25) is 0 Å². The molecule has 3 nitrogen and oxygen atoms in total. The van der Waals surface area contributed by atoms with Gasteiger partial charge in [0.05, 0.1) is 0 Å². The van der Waals surface area contributed by atoms with Gasteiger partial charge in [-0.1, -0.05) is 13.8 Å². The Labute approximate surface area is 73.0 Å². The van der Waals surface area contributed by atoms with E-state index in [4.69, 9.17) is 5.73 Å². The van der Waals surface area contributed by atoms with Crippen molar-refractivity contribution < 1.29 is 0 Å². The van der Waals surface area contributed by atoms with Crippen molar-refractivity contribution in [1.82, 2.24) is 9.97 Å². The molecule has 0 amide bonds. The number of aromatic nitrogens is 2. The lowest BCUT2D eigenvalue weighted by molar-refractivity contribution is 0.528. The Hall–Kier alpha value is -0.960. The van der Waals surface area contributed by atoms with Crippen molar-refractivity contribution >= 4 is 0 Å². The minimum atomic E-state index is 0.160. The van der Waals surface area contributed by atoms with Gasteiger partial charge in [0.1, 0.15) is 5.82 Å². The van der Waals surface area contributed by atoms with E-state index in [1.807, 2.05) is 6.07 Å². The number of nitrogens with zero attached hydrogens (tertiary/aromatic N) is 2. The molecule has 0 aromatic carbocycles. The first-order valence-corrected chi connectivity index (χ1v) is 4.28. The Morgan fingerprint density at radius 3 is 2.50 bits per heavy atom. The van der Waals surface area contributed by atoms with Gasteiger partial charge in [-0.3, -0.25) is 0 Å². The van der Waals surface area contributed by atoms with Crippen LogP contribution >= 0.6 is 0 Å². The zero-order valence-electron chi connectivity index (χ0n) is 7.57. The smallest absolute Gasteiger partial charge is 0.132 e. The first-order chi connectivity index (χ1) is 5.75. The third-order valence-corrected chi connectivity index (χ3v) is 2.11. The summed E-state index contributed by atoms with van der Waals surface area (Å²) in [5, 5.41) is 0. The largest absolute Gasteiger partial charge is 0.327 e. The van der Waals surface area contributed by atoms with E-state index in [9.17, 15) is 0 Å². The summed E-state index contributed by atoms with van der Waals surface area (Å²) in [5.74, 6) is 1.09. The molecule has 0 radical (unpaired) electrons. The Morgan fingerprint density at radius 2 is 2.00 bits per heavy atom. The predicted molar refractivity (Wildman–Crippen MR) is 48.7 cm³/mol. The summed E-state index contributed by atoms with van der Waals surface area (Å²) < 4.78 is 0. The molecule has 2 N–H and O–H groups in total. The molecule has 1 aromatic rings. The molecule has 0 aliphatic heterocycles. The fraction of sp³-hybridized carbons (Fsp3) is 0.556. The van der Waals surface area contributed by atoms with Crippen LogP contribution < -0.4 is 5.73 Å². The SMILES string of the molecule is CCC(N)C(C)c1ncccn1. The van der Waals surface area contributed by atoms with Crippen LogP contribution in [-0.2, 0) is 0 Å². The lowest BCUT2D eigenvalue weighted by atomic mass is 10.00. The normalized spacial score (nSPS) is 15.6. The molecular weight excluding hydrogens is 150 g/mol. The summed E-state index contributed by atoms with van der Waals surface area (Å²) in [7, 11) is 0. The molecule has 1 aromatic heterocycles. The molecule has 12 heavy (non-hydrogen) atoms. The topological polar surface area (TPSA) is 51.8 Å². The van der Waals surface area contributed by atoms with Crippen LogP contribution in [-0.4, -0.2) is 16.0 Å². The summed E-state index contributed by atoms with van der Waals surface area (Å²) in [6, 6.07) is 1.97. The molecule has 2 unspecified atom stereocenters. The fourth-order valence-electron chi connectivity index (χ4n) is 1.09. The Balaban J connectivity index is 2.71. The summed E-state index contributed by atoms with van der Waals surface area (Å²) in [6.07, 6.45) is 4.46. The minimum Gasteiger partial charge on any atom is -0.327 e. The van der Waals surface area contributed by atoms with E-state index in [1.165, 1.54) is 0 Å². The Bertz CT molecular complexity index is 222. The zero-order valence-corrected chi connectivity index (χ0v) is 7.57. The Kier molecular flexibility index (Phi) is 3.17. The quantitative estimate of drug-likeness (QED) is 0.734. The fourth-order valence-corrected chi connectivity index (χ4v) is 1.09. The van der Waals surface area contributed by atoms with Gasteiger partial charge in [-0.05, 0) is 12.5 Å². The average molecular weight is 165 g/mol. The van der Waals surface area contributed by atoms with Crippen LogP contribution in [0.4, 0.5) is 0 Å². The summed E-state index contributed by atoms with van der Waals surface area (Å²) in [5.41, 5.74) is 5.87. The molecule has 3 heteroatoms. The van der Waals surface area contributed by atoms with Gasteiger partial charge in [-0.25, -0.2) is 9.97 Å². The molecule has 0 bridgehead atoms. The van der Waals surface area contributed by atoms with Gasteiger partial charge in [-0.15, -0.1) is 0 Å². The molecular formula is C9H15N3. The highest BCUT2D eigenvalue weighted by Gasteiger charge is 2.14. The van der Waals surface area contributed by atoms with Crippen LogP contribution in [0.1, 0.15) is 32.0 Å². The second-order valence-corrected chi connectivity index (χ2v) is 2.97. The Morgan fingerprint density at radius 1 is 1.42 bits per heavy atom. The summed E-state index contributed by atoms with van der Waals surface area (Å²) in [4.78, 5) is 8.31.